The number of nitrogens with zero attached hydrogens (tertiary/aromatic N) is 2. The maximum Gasteiger partial charge on any atom is 0.266 e. The summed E-state index contributed by atoms with van der Waals surface area (Å²) in [5.74, 6) is 0.601. The third-order valence-corrected chi connectivity index (χ3v) is 4.18. The quantitative estimate of drug-likeness (QED) is 0.616. The van der Waals surface area contributed by atoms with Crippen LogP contribution in [0.1, 0.15) is 18.9 Å². The van der Waals surface area contributed by atoms with Gasteiger partial charge in [-0.25, -0.2) is 0 Å². The Kier molecular flexibility index (Phi) is 5.37. The first-order valence-corrected chi connectivity index (χ1v) is 7.73. The van der Waals surface area contributed by atoms with Crippen LogP contribution in [0, 0.1) is 11.3 Å². The summed E-state index contributed by atoms with van der Waals surface area (Å²) in [7, 11) is 0. The lowest BCUT2D eigenvalue weighted by Gasteiger charge is -2.11. The van der Waals surface area contributed by atoms with E-state index in [1.165, 1.54) is 11.8 Å². The summed E-state index contributed by atoms with van der Waals surface area (Å²) in [4.78, 5) is 14.5. The van der Waals surface area contributed by atoms with Gasteiger partial charge in [-0.3, -0.25) is 9.69 Å². The molecule has 0 unspecified atom stereocenters. The van der Waals surface area contributed by atoms with Crippen molar-refractivity contribution in [3.05, 3.63) is 34.7 Å². The van der Waals surface area contributed by atoms with Crippen LogP contribution in [0.3, 0.4) is 0 Å². The third-order valence-electron chi connectivity index (χ3n) is 2.80. The standard InChI is InChI=1S/C15H14N2O2S2/c1-2-8-17-14(18)13(21-15(17)20)10-11-3-5-12(6-4-11)19-9-7-16/h3-6,10H,2,8-9H2,1H3/b13-10+. The van der Waals surface area contributed by atoms with E-state index in [0.717, 1.165) is 12.0 Å². The zero-order valence-electron chi connectivity index (χ0n) is 11.5. The molecule has 1 fully saturated rings. The molecule has 0 atom stereocenters. The van der Waals surface area contributed by atoms with Crippen LogP contribution in [0.5, 0.6) is 5.75 Å². The molecule has 0 saturated carbocycles. The summed E-state index contributed by atoms with van der Waals surface area (Å²) in [5.41, 5.74) is 0.899. The molecule has 1 aromatic rings. The number of amides is 1. The van der Waals surface area contributed by atoms with Gasteiger partial charge in [0.2, 0.25) is 0 Å². The van der Waals surface area contributed by atoms with E-state index in [1.54, 1.807) is 17.0 Å². The molecule has 1 amide bonds. The second-order valence-electron chi connectivity index (χ2n) is 4.35. The summed E-state index contributed by atoms with van der Waals surface area (Å²) in [6.45, 7) is 2.69. The van der Waals surface area contributed by atoms with E-state index in [-0.39, 0.29) is 12.5 Å². The molecule has 2 rings (SSSR count). The number of carbonyl (C=O) groups is 1. The van der Waals surface area contributed by atoms with Crippen molar-refractivity contribution in [2.75, 3.05) is 13.2 Å². The number of nitriles is 1. The van der Waals surface area contributed by atoms with E-state index in [2.05, 4.69) is 0 Å². The molecule has 1 aromatic carbocycles. The first-order chi connectivity index (χ1) is 10.2. The van der Waals surface area contributed by atoms with Crippen molar-refractivity contribution in [3.8, 4) is 11.8 Å². The predicted molar refractivity (Wildman–Crippen MR) is 87.7 cm³/mol. The zero-order valence-corrected chi connectivity index (χ0v) is 13.2. The maximum atomic E-state index is 12.2. The van der Waals surface area contributed by atoms with E-state index in [1.807, 2.05) is 31.2 Å². The molecule has 0 spiro atoms. The van der Waals surface area contributed by atoms with Gasteiger partial charge < -0.3 is 4.74 Å². The van der Waals surface area contributed by atoms with Gasteiger partial charge >= 0.3 is 0 Å². The van der Waals surface area contributed by atoms with Crippen LogP contribution in [0.2, 0.25) is 0 Å². The van der Waals surface area contributed by atoms with Gasteiger partial charge in [0, 0.05) is 6.54 Å². The average molecular weight is 318 g/mol. The Labute approximate surface area is 133 Å². The van der Waals surface area contributed by atoms with Gasteiger partial charge in [-0.1, -0.05) is 43.0 Å². The van der Waals surface area contributed by atoms with Gasteiger partial charge in [0.15, 0.2) is 6.61 Å². The van der Waals surface area contributed by atoms with Crippen LogP contribution in [0.15, 0.2) is 29.2 Å². The number of hydrogen-bond acceptors (Lipinski definition) is 5. The topological polar surface area (TPSA) is 53.3 Å². The predicted octanol–water partition coefficient (Wildman–Crippen LogP) is 3.20. The summed E-state index contributed by atoms with van der Waals surface area (Å²) < 4.78 is 5.80. The van der Waals surface area contributed by atoms with Crippen molar-refractivity contribution in [3.63, 3.8) is 0 Å². The Morgan fingerprint density at radius 1 is 1.43 bits per heavy atom. The molecule has 1 heterocycles. The van der Waals surface area contributed by atoms with Crippen molar-refractivity contribution in [2.24, 2.45) is 0 Å². The van der Waals surface area contributed by atoms with Gasteiger partial charge in [0.1, 0.15) is 16.1 Å². The Morgan fingerprint density at radius 3 is 2.76 bits per heavy atom. The molecule has 108 valence electrons. The second-order valence-corrected chi connectivity index (χ2v) is 6.02. The number of benzene rings is 1. The molecule has 6 heteroatoms. The Balaban J connectivity index is 2.11. The van der Waals surface area contributed by atoms with Crippen molar-refractivity contribution < 1.29 is 9.53 Å². The smallest absolute Gasteiger partial charge is 0.266 e. The fraction of sp³-hybridized carbons (Fsp3) is 0.267. The third kappa shape index (κ3) is 3.84. The number of carbonyl (C=O) groups excluding carboxylic acids is 1. The fourth-order valence-corrected chi connectivity index (χ4v) is 3.15. The molecule has 21 heavy (non-hydrogen) atoms. The monoisotopic (exact) mass is 318 g/mol. The maximum absolute atomic E-state index is 12.2. The fourth-order valence-electron chi connectivity index (χ4n) is 1.84. The lowest BCUT2D eigenvalue weighted by atomic mass is 10.2. The Hall–Kier alpha value is -1.84. The van der Waals surface area contributed by atoms with Crippen LogP contribution >= 0.6 is 24.0 Å². The molecule has 0 N–H and O–H groups in total. The van der Waals surface area contributed by atoms with Crippen LogP contribution < -0.4 is 4.74 Å². The zero-order chi connectivity index (χ0) is 15.2. The minimum atomic E-state index is -0.0309. The largest absolute Gasteiger partial charge is 0.479 e. The summed E-state index contributed by atoms with van der Waals surface area (Å²) >= 11 is 6.55. The molecule has 0 aliphatic carbocycles. The van der Waals surface area contributed by atoms with Crippen molar-refractivity contribution >= 4 is 40.3 Å². The molecular weight excluding hydrogens is 304 g/mol. The van der Waals surface area contributed by atoms with Crippen LogP contribution in [-0.2, 0) is 4.79 Å². The lowest BCUT2D eigenvalue weighted by molar-refractivity contribution is -0.122. The minimum Gasteiger partial charge on any atom is -0.479 e. The van der Waals surface area contributed by atoms with E-state index >= 15 is 0 Å². The van der Waals surface area contributed by atoms with Gasteiger partial charge in [-0.2, -0.15) is 5.26 Å². The number of rotatable bonds is 5. The van der Waals surface area contributed by atoms with Crippen molar-refractivity contribution in [1.82, 2.24) is 4.90 Å². The van der Waals surface area contributed by atoms with E-state index in [4.69, 9.17) is 22.2 Å². The van der Waals surface area contributed by atoms with Gasteiger partial charge in [0.25, 0.3) is 5.91 Å². The lowest BCUT2D eigenvalue weighted by Crippen LogP contribution is -2.28. The molecule has 1 aliphatic rings. The highest BCUT2D eigenvalue weighted by molar-refractivity contribution is 8.26. The number of thiocarbonyl (C=S) groups is 1. The Morgan fingerprint density at radius 2 is 2.14 bits per heavy atom. The van der Waals surface area contributed by atoms with Gasteiger partial charge in [-0.05, 0) is 30.2 Å². The summed E-state index contributed by atoms with van der Waals surface area (Å²) in [6.07, 6.45) is 2.70. The number of hydrogen-bond donors (Lipinski definition) is 0. The SMILES string of the molecule is CCCN1C(=O)/C(=C\c2ccc(OCC#N)cc2)SC1=S. The first kappa shape index (κ1) is 15.5. The summed E-state index contributed by atoms with van der Waals surface area (Å²) in [5, 5.41) is 8.45. The van der Waals surface area contributed by atoms with E-state index in [0.29, 0.717) is 21.5 Å². The van der Waals surface area contributed by atoms with Crippen molar-refractivity contribution in [2.45, 2.75) is 13.3 Å². The average Bonchev–Trinajstić information content (AvgIpc) is 2.75. The van der Waals surface area contributed by atoms with Gasteiger partial charge in [0.05, 0.1) is 4.91 Å². The molecule has 4 nitrogen and oxygen atoms in total. The molecule has 0 aromatic heterocycles. The van der Waals surface area contributed by atoms with Crippen LogP contribution in [0.25, 0.3) is 6.08 Å². The second kappa shape index (κ2) is 7.25. The van der Waals surface area contributed by atoms with E-state index < -0.39 is 0 Å². The summed E-state index contributed by atoms with van der Waals surface area (Å²) in [6, 6.07) is 9.16. The molecular formula is C15H14N2O2S2. The molecule has 1 saturated heterocycles. The van der Waals surface area contributed by atoms with Crippen LogP contribution in [0.4, 0.5) is 0 Å². The number of ether oxygens (including phenoxy) is 1. The van der Waals surface area contributed by atoms with Gasteiger partial charge in [-0.15, -0.1) is 0 Å². The van der Waals surface area contributed by atoms with Crippen LogP contribution in [-0.4, -0.2) is 28.3 Å². The first-order valence-electron chi connectivity index (χ1n) is 6.51. The molecule has 0 bridgehead atoms. The van der Waals surface area contributed by atoms with E-state index in [9.17, 15) is 4.79 Å². The highest BCUT2D eigenvalue weighted by atomic mass is 32.2. The molecule has 1 aliphatic heterocycles. The minimum absolute atomic E-state index is 0.0228. The number of thioether (sulfide) groups is 1. The molecule has 0 radical (unpaired) electrons. The highest BCUT2D eigenvalue weighted by Gasteiger charge is 2.30. The Bertz CT molecular complexity index is 618. The van der Waals surface area contributed by atoms with Crippen molar-refractivity contribution in [1.29, 1.82) is 5.26 Å². The normalized spacial score (nSPS) is 16.4. The highest BCUT2D eigenvalue weighted by Crippen LogP contribution is 2.32.